The molecular weight excluding hydrogens is 226 g/mol. The predicted octanol–water partition coefficient (Wildman–Crippen LogP) is 2.23. The second kappa shape index (κ2) is 4.48. The number of benzene rings is 1. The number of carbonyl (C=O) groups excluding carboxylic acids is 1. The van der Waals surface area contributed by atoms with Crippen LogP contribution < -0.4 is 0 Å². The zero-order valence-electron chi connectivity index (χ0n) is 11.0. The first-order valence-corrected chi connectivity index (χ1v) is 6.61. The molecule has 2 aliphatic rings. The third-order valence-electron chi connectivity index (χ3n) is 3.95. The molecule has 0 bridgehead atoms. The minimum Gasteiger partial charge on any atom is -0.357 e. The van der Waals surface area contributed by atoms with Crippen molar-refractivity contribution in [3.05, 3.63) is 34.9 Å². The lowest BCUT2D eigenvalue weighted by Crippen LogP contribution is -2.38. The number of aryl methyl sites for hydroxylation is 1. The molecule has 3 heteroatoms. The molecular formula is C15H19NO2. The molecule has 0 amide bonds. The highest BCUT2D eigenvalue weighted by Crippen LogP contribution is 2.37. The molecule has 0 aromatic heterocycles. The van der Waals surface area contributed by atoms with Crippen molar-refractivity contribution in [1.29, 1.82) is 0 Å². The van der Waals surface area contributed by atoms with Gasteiger partial charge in [-0.15, -0.1) is 0 Å². The van der Waals surface area contributed by atoms with Crippen molar-refractivity contribution in [2.24, 2.45) is 0 Å². The van der Waals surface area contributed by atoms with Gasteiger partial charge in [-0.2, -0.15) is 0 Å². The van der Waals surface area contributed by atoms with E-state index in [1.165, 1.54) is 16.7 Å². The number of nitrogens with zero attached hydrogens (tertiary/aromatic N) is 1. The highest BCUT2D eigenvalue weighted by Gasteiger charge is 2.39. The van der Waals surface area contributed by atoms with E-state index in [1.807, 2.05) is 0 Å². The Morgan fingerprint density at radius 3 is 3.11 bits per heavy atom. The quantitative estimate of drug-likeness (QED) is 0.800. The summed E-state index contributed by atoms with van der Waals surface area (Å²) in [6.07, 6.45) is 1.74. The molecule has 1 aromatic carbocycles. The maximum Gasteiger partial charge on any atom is 0.137 e. The summed E-state index contributed by atoms with van der Waals surface area (Å²) in [5.41, 5.74) is 3.96. The summed E-state index contributed by atoms with van der Waals surface area (Å²) in [7, 11) is 0. The van der Waals surface area contributed by atoms with Gasteiger partial charge in [-0.25, -0.2) is 0 Å². The van der Waals surface area contributed by atoms with Gasteiger partial charge < -0.3 is 4.74 Å². The Labute approximate surface area is 108 Å². The van der Waals surface area contributed by atoms with Gasteiger partial charge in [0.2, 0.25) is 0 Å². The zero-order chi connectivity index (χ0) is 12.7. The van der Waals surface area contributed by atoms with Crippen LogP contribution in [0, 0.1) is 6.92 Å². The second-order valence-electron chi connectivity index (χ2n) is 5.44. The Kier molecular flexibility index (Phi) is 2.96. The SMILES string of the molecule is CC(=O)CC1COC2c3cc(C)ccc3CCN12. The van der Waals surface area contributed by atoms with Crippen LogP contribution in [0.4, 0.5) is 0 Å². The van der Waals surface area contributed by atoms with Crippen LogP contribution in [0.5, 0.6) is 0 Å². The van der Waals surface area contributed by atoms with E-state index >= 15 is 0 Å². The fraction of sp³-hybridized carbons (Fsp3) is 0.533. The summed E-state index contributed by atoms with van der Waals surface area (Å²) < 4.78 is 5.93. The third-order valence-corrected chi connectivity index (χ3v) is 3.95. The summed E-state index contributed by atoms with van der Waals surface area (Å²) in [5, 5.41) is 0. The van der Waals surface area contributed by atoms with Crippen molar-refractivity contribution in [3.63, 3.8) is 0 Å². The van der Waals surface area contributed by atoms with E-state index in [-0.39, 0.29) is 18.1 Å². The molecule has 18 heavy (non-hydrogen) atoms. The number of Topliss-reactive ketones (excluding diaryl/α,β-unsaturated/α-hetero) is 1. The molecule has 0 spiro atoms. The maximum atomic E-state index is 11.3. The van der Waals surface area contributed by atoms with Crippen molar-refractivity contribution in [1.82, 2.24) is 4.90 Å². The lowest BCUT2D eigenvalue weighted by Gasteiger charge is -2.33. The Balaban J connectivity index is 1.88. The minimum atomic E-state index is 0.0676. The third kappa shape index (κ3) is 1.98. The van der Waals surface area contributed by atoms with Gasteiger partial charge in [-0.1, -0.05) is 23.8 Å². The first-order chi connectivity index (χ1) is 8.65. The monoisotopic (exact) mass is 245 g/mol. The van der Waals surface area contributed by atoms with Gasteiger partial charge in [0.15, 0.2) is 0 Å². The van der Waals surface area contributed by atoms with Gasteiger partial charge in [0.1, 0.15) is 12.0 Å². The van der Waals surface area contributed by atoms with Crippen LogP contribution in [0.25, 0.3) is 0 Å². The van der Waals surface area contributed by atoms with Crippen molar-refractivity contribution >= 4 is 5.78 Å². The fourth-order valence-corrected chi connectivity index (χ4v) is 3.08. The van der Waals surface area contributed by atoms with Gasteiger partial charge in [-0.05, 0) is 31.4 Å². The first-order valence-electron chi connectivity index (χ1n) is 6.61. The van der Waals surface area contributed by atoms with Crippen molar-refractivity contribution < 1.29 is 9.53 Å². The van der Waals surface area contributed by atoms with Crippen LogP contribution >= 0.6 is 0 Å². The first kappa shape index (κ1) is 11.9. The average Bonchev–Trinajstić information content (AvgIpc) is 2.72. The van der Waals surface area contributed by atoms with Crippen LogP contribution in [0.1, 0.15) is 36.3 Å². The maximum absolute atomic E-state index is 11.3. The minimum absolute atomic E-state index is 0.0676. The number of hydrogen-bond acceptors (Lipinski definition) is 3. The van der Waals surface area contributed by atoms with E-state index in [0.29, 0.717) is 13.0 Å². The van der Waals surface area contributed by atoms with Gasteiger partial charge >= 0.3 is 0 Å². The normalized spacial score (nSPS) is 26.8. The Bertz CT molecular complexity index is 483. The molecule has 3 rings (SSSR count). The molecule has 1 aromatic rings. The molecule has 2 atom stereocenters. The molecule has 2 heterocycles. The largest absolute Gasteiger partial charge is 0.357 e. The van der Waals surface area contributed by atoms with Gasteiger partial charge in [0.05, 0.1) is 6.61 Å². The number of carbonyl (C=O) groups is 1. The molecule has 2 unspecified atom stereocenters. The summed E-state index contributed by atoms with van der Waals surface area (Å²) in [6, 6.07) is 6.86. The van der Waals surface area contributed by atoms with E-state index in [4.69, 9.17) is 4.74 Å². The number of hydrogen-bond donors (Lipinski definition) is 0. The summed E-state index contributed by atoms with van der Waals surface area (Å²) in [4.78, 5) is 13.6. The van der Waals surface area contributed by atoms with Crippen molar-refractivity contribution in [2.75, 3.05) is 13.2 Å². The van der Waals surface area contributed by atoms with Crippen LogP contribution in [0.15, 0.2) is 18.2 Å². The highest BCUT2D eigenvalue weighted by molar-refractivity contribution is 5.76. The lowest BCUT2D eigenvalue weighted by atomic mass is 9.95. The fourth-order valence-electron chi connectivity index (χ4n) is 3.08. The molecule has 1 saturated heterocycles. The number of ketones is 1. The predicted molar refractivity (Wildman–Crippen MR) is 69.4 cm³/mol. The number of rotatable bonds is 2. The van der Waals surface area contributed by atoms with Crippen LogP contribution in [0.3, 0.4) is 0 Å². The zero-order valence-corrected chi connectivity index (χ0v) is 11.0. The van der Waals surface area contributed by atoms with Crippen LogP contribution in [-0.2, 0) is 16.0 Å². The Morgan fingerprint density at radius 2 is 2.33 bits per heavy atom. The van der Waals surface area contributed by atoms with Crippen LogP contribution in [-0.4, -0.2) is 29.9 Å². The van der Waals surface area contributed by atoms with Gasteiger partial charge in [-0.3, -0.25) is 9.69 Å². The van der Waals surface area contributed by atoms with Gasteiger partial charge in [0.25, 0.3) is 0 Å². The Morgan fingerprint density at radius 1 is 1.50 bits per heavy atom. The van der Waals surface area contributed by atoms with Gasteiger partial charge in [0, 0.05) is 19.0 Å². The summed E-state index contributed by atoms with van der Waals surface area (Å²) >= 11 is 0. The smallest absolute Gasteiger partial charge is 0.137 e. The molecule has 1 fully saturated rings. The molecule has 0 N–H and O–H groups in total. The highest BCUT2D eigenvalue weighted by atomic mass is 16.5. The van der Waals surface area contributed by atoms with E-state index in [2.05, 4.69) is 30.0 Å². The standard InChI is InChI=1S/C15H19NO2/c1-10-3-4-12-5-6-16-13(8-11(2)17)9-18-15(16)14(12)7-10/h3-4,7,13,15H,5-6,8-9H2,1-2H3. The van der Waals surface area contributed by atoms with Crippen molar-refractivity contribution in [2.45, 2.75) is 39.0 Å². The van der Waals surface area contributed by atoms with E-state index in [9.17, 15) is 4.79 Å². The molecule has 0 radical (unpaired) electrons. The topological polar surface area (TPSA) is 29.5 Å². The molecule has 0 aliphatic carbocycles. The number of fused-ring (bicyclic) bond motifs is 3. The van der Waals surface area contributed by atoms with Crippen molar-refractivity contribution in [3.8, 4) is 0 Å². The average molecular weight is 245 g/mol. The van der Waals surface area contributed by atoms with E-state index in [1.54, 1.807) is 6.92 Å². The summed E-state index contributed by atoms with van der Waals surface area (Å²) in [6.45, 7) is 5.45. The molecule has 0 saturated carbocycles. The van der Waals surface area contributed by atoms with E-state index < -0.39 is 0 Å². The second-order valence-corrected chi connectivity index (χ2v) is 5.44. The van der Waals surface area contributed by atoms with Crippen LogP contribution in [0.2, 0.25) is 0 Å². The number of ether oxygens (including phenoxy) is 1. The molecule has 2 aliphatic heterocycles. The lowest BCUT2D eigenvalue weighted by molar-refractivity contribution is -0.118. The Hall–Kier alpha value is -1.19. The molecule has 3 nitrogen and oxygen atoms in total. The summed E-state index contributed by atoms with van der Waals surface area (Å²) in [5.74, 6) is 0.249. The molecule has 96 valence electrons. The van der Waals surface area contributed by atoms with E-state index in [0.717, 1.165) is 13.0 Å².